The van der Waals surface area contributed by atoms with Gasteiger partial charge in [0.2, 0.25) is 0 Å². The lowest BCUT2D eigenvalue weighted by molar-refractivity contribution is -0.155. The van der Waals surface area contributed by atoms with Gasteiger partial charge in [-0.05, 0) is 49.8 Å². The molecule has 0 radical (unpaired) electrons. The molecule has 0 aliphatic rings. The summed E-state index contributed by atoms with van der Waals surface area (Å²) in [5.41, 5.74) is 1.88. The largest absolute Gasteiger partial charge is 0.462 e. The van der Waals surface area contributed by atoms with Gasteiger partial charge in [-0.2, -0.15) is 0 Å². The quantitative estimate of drug-likeness (QED) is 0.0604. The van der Waals surface area contributed by atoms with Crippen LogP contribution in [0.1, 0.15) is 138 Å². The summed E-state index contributed by atoms with van der Waals surface area (Å²) in [4.78, 5) is 37.6. The van der Waals surface area contributed by atoms with Gasteiger partial charge >= 0.3 is 11.9 Å². The molecule has 0 aliphatic carbocycles. The maximum absolute atomic E-state index is 12.6. The maximum Gasteiger partial charge on any atom is 0.310 e. The molecule has 0 N–H and O–H groups in total. The van der Waals surface area contributed by atoms with Crippen LogP contribution in [0.5, 0.6) is 0 Å². The predicted octanol–water partition coefficient (Wildman–Crippen LogP) is 10.4. The number of halogens is 1. The number of hydrogen-bond donors (Lipinski definition) is 0. The molecule has 0 bridgehead atoms. The van der Waals surface area contributed by atoms with Gasteiger partial charge in [0.05, 0.1) is 6.42 Å². The summed E-state index contributed by atoms with van der Waals surface area (Å²) >= 11 is 3.35. The first-order valence-corrected chi connectivity index (χ1v) is 17.4. The molecule has 0 aliphatic heterocycles. The molecule has 0 spiro atoms. The molecule has 0 aromatic heterocycles. The second kappa shape index (κ2) is 23.9. The molecule has 6 heteroatoms. The van der Waals surface area contributed by atoms with Crippen LogP contribution in [0.4, 0.5) is 0 Å². The topological polar surface area (TPSA) is 69.7 Å². The Kier molecular flexibility index (Phi) is 20.4. The van der Waals surface area contributed by atoms with Crippen LogP contribution in [0.3, 0.4) is 0 Å². The highest BCUT2D eigenvalue weighted by molar-refractivity contribution is 9.10. The molecule has 43 heavy (non-hydrogen) atoms. The van der Waals surface area contributed by atoms with Gasteiger partial charge < -0.3 is 9.47 Å². The Bertz CT molecular complexity index is 1020. The second-order valence-electron chi connectivity index (χ2n) is 11.6. The number of rotatable bonds is 25. The number of hydrogen-bond acceptors (Lipinski definition) is 5. The van der Waals surface area contributed by atoms with Crippen molar-refractivity contribution in [2.75, 3.05) is 6.61 Å². The zero-order chi connectivity index (χ0) is 31.0. The maximum atomic E-state index is 12.6. The van der Waals surface area contributed by atoms with E-state index in [0.29, 0.717) is 18.4 Å². The van der Waals surface area contributed by atoms with Crippen molar-refractivity contribution in [1.82, 2.24) is 0 Å². The van der Waals surface area contributed by atoms with Crippen molar-refractivity contribution in [2.45, 2.75) is 135 Å². The molecule has 0 saturated carbocycles. The van der Waals surface area contributed by atoms with E-state index in [1.54, 1.807) is 24.3 Å². The number of unbranched alkanes of at least 4 members (excludes halogenated alkanes) is 13. The van der Waals surface area contributed by atoms with Crippen LogP contribution >= 0.6 is 15.9 Å². The van der Waals surface area contributed by atoms with Crippen LogP contribution in [-0.2, 0) is 25.5 Å². The number of aryl methyl sites for hydroxylation is 1. The fourth-order valence-electron chi connectivity index (χ4n) is 5.19. The van der Waals surface area contributed by atoms with E-state index in [1.807, 2.05) is 6.07 Å². The first-order valence-electron chi connectivity index (χ1n) is 16.7. The van der Waals surface area contributed by atoms with Gasteiger partial charge in [-0.3, -0.25) is 14.4 Å². The molecule has 1 atom stereocenters. The monoisotopic (exact) mass is 656 g/mol. The summed E-state index contributed by atoms with van der Waals surface area (Å²) in [6.07, 6.45) is 18.9. The Hall–Kier alpha value is -2.47. The molecule has 2 aromatic carbocycles. The van der Waals surface area contributed by atoms with Crippen LogP contribution in [0.25, 0.3) is 0 Å². The number of esters is 2. The molecule has 2 rings (SSSR count). The number of carbonyl (C=O) groups excluding carboxylic acids is 3. The van der Waals surface area contributed by atoms with E-state index in [2.05, 4.69) is 47.1 Å². The third kappa shape index (κ3) is 18.7. The van der Waals surface area contributed by atoms with Crippen molar-refractivity contribution in [3.8, 4) is 0 Å². The summed E-state index contributed by atoms with van der Waals surface area (Å²) in [5, 5.41) is 0. The summed E-state index contributed by atoms with van der Waals surface area (Å²) in [5.74, 6) is -1.01. The second-order valence-corrected chi connectivity index (χ2v) is 12.5. The van der Waals surface area contributed by atoms with E-state index in [-0.39, 0.29) is 24.8 Å². The highest BCUT2D eigenvalue weighted by Crippen LogP contribution is 2.17. The first-order chi connectivity index (χ1) is 21.0. The third-order valence-corrected chi connectivity index (χ3v) is 8.32. The average Bonchev–Trinajstić information content (AvgIpc) is 3.01. The number of ketones is 1. The van der Waals surface area contributed by atoms with Crippen molar-refractivity contribution >= 4 is 33.7 Å². The fourth-order valence-corrected chi connectivity index (χ4v) is 5.45. The average molecular weight is 658 g/mol. The van der Waals surface area contributed by atoms with Crippen LogP contribution in [0.15, 0.2) is 59.1 Å². The van der Waals surface area contributed by atoms with Gasteiger partial charge in [0.15, 0.2) is 12.4 Å². The zero-order valence-electron chi connectivity index (χ0n) is 26.3. The van der Waals surface area contributed by atoms with Gasteiger partial charge in [-0.25, -0.2) is 0 Å². The van der Waals surface area contributed by atoms with Crippen LogP contribution in [0.2, 0.25) is 0 Å². The number of ether oxygens (including phenoxy) is 2. The molecule has 0 heterocycles. The van der Waals surface area contributed by atoms with E-state index in [1.165, 1.54) is 63.4 Å². The Labute approximate surface area is 268 Å². The van der Waals surface area contributed by atoms with Gasteiger partial charge in [0, 0.05) is 16.5 Å². The normalized spacial score (nSPS) is 11.7. The predicted molar refractivity (Wildman–Crippen MR) is 178 cm³/mol. The molecule has 238 valence electrons. The summed E-state index contributed by atoms with van der Waals surface area (Å²) in [6.45, 7) is 1.92. The molecule has 2 aromatic rings. The highest BCUT2D eigenvalue weighted by Gasteiger charge is 2.20. The van der Waals surface area contributed by atoms with Crippen molar-refractivity contribution in [1.29, 1.82) is 0 Å². The molecule has 0 saturated heterocycles. The molecule has 5 nitrogen and oxygen atoms in total. The zero-order valence-corrected chi connectivity index (χ0v) is 27.9. The lowest BCUT2D eigenvalue weighted by Gasteiger charge is -2.17. The molecular formula is C37H53BrO5. The van der Waals surface area contributed by atoms with E-state index >= 15 is 0 Å². The van der Waals surface area contributed by atoms with E-state index in [0.717, 1.165) is 49.4 Å². The number of benzene rings is 2. The Morgan fingerprint density at radius 3 is 1.91 bits per heavy atom. The van der Waals surface area contributed by atoms with Crippen molar-refractivity contribution in [3.63, 3.8) is 0 Å². The van der Waals surface area contributed by atoms with Gasteiger partial charge in [-0.1, -0.05) is 142 Å². The lowest BCUT2D eigenvalue weighted by atomic mass is 10.0. The third-order valence-electron chi connectivity index (χ3n) is 7.79. The smallest absolute Gasteiger partial charge is 0.310 e. The standard InChI is InChI=1S/C37H53BrO5/c1-2-3-4-5-6-7-8-12-18-23-34(29-37(41)42-30-35(39)32-25-27-33(38)28-26-32)43-36(40)24-19-13-10-9-11-15-20-31-21-16-14-17-22-31/h14,16-17,21-22,25-28,34H,2-13,15,18-20,23-24,29-30H2,1H3. The first kappa shape index (κ1) is 36.7. The summed E-state index contributed by atoms with van der Waals surface area (Å²) < 4.78 is 11.9. The fraction of sp³-hybridized carbons (Fsp3) is 0.595. The molecular weight excluding hydrogens is 604 g/mol. The van der Waals surface area contributed by atoms with Crippen molar-refractivity contribution < 1.29 is 23.9 Å². The van der Waals surface area contributed by atoms with Crippen LogP contribution in [-0.4, -0.2) is 30.4 Å². The molecule has 0 amide bonds. The van der Waals surface area contributed by atoms with E-state index in [4.69, 9.17) is 9.47 Å². The molecule has 0 fully saturated rings. The Morgan fingerprint density at radius 1 is 0.674 bits per heavy atom. The van der Waals surface area contributed by atoms with E-state index < -0.39 is 12.1 Å². The van der Waals surface area contributed by atoms with Gasteiger partial charge in [0.25, 0.3) is 0 Å². The van der Waals surface area contributed by atoms with E-state index in [9.17, 15) is 14.4 Å². The van der Waals surface area contributed by atoms with Crippen molar-refractivity contribution in [2.24, 2.45) is 0 Å². The number of carbonyl (C=O) groups is 3. The minimum absolute atomic E-state index is 0.0161. The van der Waals surface area contributed by atoms with Crippen LogP contribution in [0, 0.1) is 0 Å². The highest BCUT2D eigenvalue weighted by atomic mass is 79.9. The van der Waals surface area contributed by atoms with Gasteiger partial charge in [0.1, 0.15) is 6.10 Å². The Morgan fingerprint density at radius 2 is 1.26 bits per heavy atom. The lowest BCUT2D eigenvalue weighted by Crippen LogP contribution is -2.24. The minimum atomic E-state index is -0.509. The summed E-state index contributed by atoms with van der Waals surface area (Å²) in [6, 6.07) is 17.5. The SMILES string of the molecule is CCCCCCCCCCCC(CC(=O)OCC(=O)c1ccc(Br)cc1)OC(=O)CCCCCCCCc1ccccc1. The van der Waals surface area contributed by atoms with Gasteiger partial charge in [-0.15, -0.1) is 0 Å². The van der Waals surface area contributed by atoms with Crippen molar-refractivity contribution in [3.05, 3.63) is 70.2 Å². The Balaban J connectivity index is 1.67. The summed E-state index contributed by atoms with van der Waals surface area (Å²) in [7, 11) is 0. The number of Topliss-reactive ketones (excluding diaryl/α,β-unsaturated/α-hetero) is 1. The van der Waals surface area contributed by atoms with Crippen LogP contribution < -0.4 is 0 Å². The molecule has 1 unspecified atom stereocenters. The minimum Gasteiger partial charge on any atom is -0.462 e.